The monoisotopic (exact) mass is 413 g/mol. The van der Waals surface area contributed by atoms with Crippen LogP contribution in [0.2, 0.25) is 0 Å². The standard InChI is InChI=1S/C21H20FN3O3S/c1-14-21(15(2)25(24-14)18-9-4-3-5-10-18)29-13-20(27)28-12-19(26)23-17-8-6-7-16(22)11-17/h3-11H,12-13H2,1-2H3,(H,23,26). The number of para-hydroxylation sites is 1. The first-order chi connectivity index (χ1) is 13.9. The van der Waals surface area contributed by atoms with Crippen LogP contribution in [0.15, 0.2) is 59.5 Å². The number of nitrogens with zero attached hydrogens (tertiary/aromatic N) is 2. The summed E-state index contributed by atoms with van der Waals surface area (Å²) in [6.45, 7) is 3.39. The SMILES string of the molecule is Cc1nn(-c2ccccc2)c(C)c1SCC(=O)OCC(=O)Nc1cccc(F)c1. The molecule has 6 nitrogen and oxygen atoms in total. The number of aromatic nitrogens is 2. The van der Waals surface area contributed by atoms with Crippen LogP contribution in [0.25, 0.3) is 5.69 Å². The van der Waals surface area contributed by atoms with E-state index in [4.69, 9.17) is 4.74 Å². The molecule has 0 spiro atoms. The molecule has 0 saturated carbocycles. The fraction of sp³-hybridized carbons (Fsp3) is 0.190. The lowest BCUT2D eigenvalue weighted by atomic mass is 10.3. The largest absolute Gasteiger partial charge is 0.455 e. The van der Waals surface area contributed by atoms with E-state index in [0.717, 1.165) is 22.0 Å². The van der Waals surface area contributed by atoms with Gasteiger partial charge in [-0.1, -0.05) is 24.3 Å². The Morgan fingerprint density at radius 2 is 1.90 bits per heavy atom. The zero-order valence-electron chi connectivity index (χ0n) is 16.0. The summed E-state index contributed by atoms with van der Waals surface area (Å²) in [7, 11) is 0. The maximum Gasteiger partial charge on any atom is 0.316 e. The Morgan fingerprint density at radius 3 is 2.62 bits per heavy atom. The van der Waals surface area contributed by atoms with E-state index in [2.05, 4.69) is 10.4 Å². The van der Waals surface area contributed by atoms with Gasteiger partial charge in [0, 0.05) is 5.69 Å². The highest BCUT2D eigenvalue weighted by Gasteiger charge is 2.16. The Balaban J connectivity index is 1.52. The number of benzene rings is 2. The number of carbonyl (C=O) groups is 2. The van der Waals surface area contributed by atoms with E-state index < -0.39 is 24.3 Å². The van der Waals surface area contributed by atoms with Crippen LogP contribution in [-0.4, -0.2) is 34.0 Å². The number of carbonyl (C=O) groups excluding carboxylic acids is 2. The normalized spacial score (nSPS) is 10.6. The molecule has 1 amide bonds. The van der Waals surface area contributed by atoms with Crippen molar-refractivity contribution in [2.24, 2.45) is 0 Å². The van der Waals surface area contributed by atoms with Crippen LogP contribution in [0.1, 0.15) is 11.4 Å². The zero-order chi connectivity index (χ0) is 20.8. The van der Waals surface area contributed by atoms with Gasteiger partial charge in [-0.25, -0.2) is 9.07 Å². The van der Waals surface area contributed by atoms with Gasteiger partial charge in [0.25, 0.3) is 5.91 Å². The fourth-order valence-corrected chi connectivity index (χ4v) is 3.63. The van der Waals surface area contributed by atoms with Crippen LogP contribution in [0.3, 0.4) is 0 Å². The summed E-state index contributed by atoms with van der Waals surface area (Å²) in [5.74, 6) is -1.46. The van der Waals surface area contributed by atoms with Gasteiger partial charge in [-0.2, -0.15) is 5.10 Å². The Hall–Kier alpha value is -3.13. The predicted molar refractivity (Wildman–Crippen MR) is 110 cm³/mol. The molecule has 29 heavy (non-hydrogen) atoms. The van der Waals surface area contributed by atoms with E-state index >= 15 is 0 Å². The van der Waals surface area contributed by atoms with Gasteiger partial charge in [-0.05, 0) is 44.2 Å². The van der Waals surface area contributed by atoms with Crippen LogP contribution in [0.4, 0.5) is 10.1 Å². The third kappa shape index (κ3) is 5.45. The van der Waals surface area contributed by atoms with Crippen LogP contribution >= 0.6 is 11.8 Å². The number of hydrogen-bond donors (Lipinski definition) is 1. The third-order valence-electron chi connectivity index (χ3n) is 4.03. The molecule has 8 heteroatoms. The van der Waals surface area contributed by atoms with Crippen LogP contribution in [0, 0.1) is 19.7 Å². The van der Waals surface area contributed by atoms with E-state index in [-0.39, 0.29) is 5.75 Å². The topological polar surface area (TPSA) is 73.2 Å². The quantitative estimate of drug-likeness (QED) is 0.470. The molecule has 0 aliphatic rings. The van der Waals surface area contributed by atoms with Crippen molar-refractivity contribution in [3.63, 3.8) is 0 Å². The second-order valence-electron chi connectivity index (χ2n) is 6.26. The summed E-state index contributed by atoms with van der Waals surface area (Å²) in [6.07, 6.45) is 0. The van der Waals surface area contributed by atoms with Crippen LogP contribution in [0.5, 0.6) is 0 Å². The van der Waals surface area contributed by atoms with Gasteiger partial charge >= 0.3 is 5.97 Å². The summed E-state index contributed by atoms with van der Waals surface area (Å²) in [4.78, 5) is 24.8. The summed E-state index contributed by atoms with van der Waals surface area (Å²) in [6, 6.07) is 15.2. The van der Waals surface area contributed by atoms with Gasteiger partial charge in [-0.15, -0.1) is 11.8 Å². The first kappa shape index (κ1) is 20.6. The lowest BCUT2D eigenvalue weighted by Gasteiger charge is -2.07. The van der Waals surface area contributed by atoms with E-state index in [1.54, 1.807) is 6.07 Å². The first-order valence-corrected chi connectivity index (χ1v) is 9.88. The number of halogens is 1. The van der Waals surface area contributed by atoms with Gasteiger partial charge in [0.1, 0.15) is 5.82 Å². The third-order valence-corrected chi connectivity index (χ3v) is 5.29. The highest BCUT2D eigenvalue weighted by Crippen LogP contribution is 2.27. The molecule has 0 radical (unpaired) electrons. The van der Waals surface area contributed by atoms with Crippen molar-refractivity contribution in [2.45, 2.75) is 18.7 Å². The number of rotatable bonds is 7. The van der Waals surface area contributed by atoms with Gasteiger partial charge in [0.05, 0.1) is 27.7 Å². The average Bonchev–Trinajstić information content (AvgIpc) is 2.99. The summed E-state index contributed by atoms with van der Waals surface area (Å²) in [5, 5.41) is 7.01. The number of esters is 1. The number of ether oxygens (including phenoxy) is 1. The van der Waals surface area contributed by atoms with Crippen molar-refractivity contribution in [3.05, 3.63) is 71.8 Å². The van der Waals surface area contributed by atoms with Crippen molar-refractivity contribution in [1.29, 1.82) is 0 Å². The lowest BCUT2D eigenvalue weighted by Crippen LogP contribution is -2.21. The van der Waals surface area contributed by atoms with Crippen LogP contribution in [-0.2, 0) is 14.3 Å². The van der Waals surface area contributed by atoms with Gasteiger partial charge in [-0.3, -0.25) is 9.59 Å². The summed E-state index contributed by atoms with van der Waals surface area (Å²) < 4.78 is 20.0. The Kier molecular flexibility index (Phi) is 6.66. The number of hydrogen-bond acceptors (Lipinski definition) is 5. The molecule has 1 heterocycles. The molecular formula is C21H20FN3O3S. The molecular weight excluding hydrogens is 393 g/mol. The smallest absolute Gasteiger partial charge is 0.316 e. The molecule has 2 aromatic carbocycles. The second kappa shape index (κ2) is 9.38. The number of nitrogens with one attached hydrogen (secondary N) is 1. The molecule has 0 unspecified atom stereocenters. The van der Waals surface area contributed by atoms with Crippen molar-refractivity contribution >= 4 is 29.3 Å². The maximum atomic E-state index is 13.1. The number of aryl methyl sites for hydroxylation is 1. The average molecular weight is 413 g/mol. The molecule has 1 N–H and O–H groups in total. The minimum atomic E-state index is -0.529. The molecule has 0 fully saturated rings. The second-order valence-corrected chi connectivity index (χ2v) is 7.24. The highest BCUT2D eigenvalue weighted by atomic mass is 32.2. The molecule has 1 aromatic heterocycles. The molecule has 0 aliphatic heterocycles. The number of amides is 1. The minimum Gasteiger partial charge on any atom is -0.455 e. The molecule has 3 rings (SSSR count). The predicted octanol–water partition coefficient (Wildman–Crippen LogP) is 3.90. The summed E-state index contributed by atoms with van der Waals surface area (Å²) >= 11 is 1.32. The van der Waals surface area contributed by atoms with Crippen molar-refractivity contribution in [2.75, 3.05) is 17.7 Å². The van der Waals surface area contributed by atoms with Crippen molar-refractivity contribution in [3.8, 4) is 5.69 Å². The molecule has 0 bridgehead atoms. The Bertz CT molecular complexity index is 1020. The van der Waals surface area contributed by atoms with Gasteiger partial charge in [0.15, 0.2) is 6.61 Å². The lowest BCUT2D eigenvalue weighted by molar-refractivity contribution is -0.144. The zero-order valence-corrected chi connectivity index (χ0v) is 16.8. The van der Waals surface area contributed by atoms with Gasteiger partial charge < -0.3 is 10.1 Å². The summed E-state index contributed by atoms with van der Waals surface area (Å²) in [5.41, 5.74) is 2.99. The maximum absolute atomic E-state index is 13.1. The first-order valence-electron chi connectivity index (χ1n) is 8.89. The van der Waals surface area contributed by atoms with Crippen molar-refractivity contribution < 1.29 is 18.7 Å². The molecule has 0 aliphatic carbocycles. The Labute approximate surface area is 172 Å². The number of thioether (sulfide) groups is 1. The molecule has 0 atom stereocenters. The van der Waals surface area contributed by atoms with Crippen molar-refractivity contribution in [1.82, 2.24) is 9.78 Å². The molecule has 0 saturated heterocycles. The van der Waals surface area contributed by atoms with E-state index in [1.807, 2.05) is 48.9 Å². The van der Waals surface area contributed by atoms with Crippen LogP contribution < -0.4 is 5.32 Å². The minimum absolute atomic E-state index is 0.0510. The van der Waals surface area contributed by atoms with E-state index in [9.17, 15) is 14.0 Å². The van der Waals surface area contributed by atoms with Gasteiger partial charge in [0.2, 0.25) is 0 Å². The highest BCUT2D eigenvalue weighted by molar-refractivity contribution is 8.00. The van der Waals surface area contributed by atoms with E-state index in [1.165, 1.54) is 30.0 Å². The fourth-order valence-electron chi connectivity index (χ4n) is 2.74. The molecule has 3 aromatic rings. The molecule has 150 valence electrons. The Morgan fingerprint density at radius 1 is 1.14 bits per heavy atom. The van der Waals surface area contributed by atoms with E-state index in [0.29, 0.717) is 5.69 Å². The number of anilines is 1.